The molecule has 0 aliphatic heterocycles. The van der Waals surface area contributed by atoms with Crippen LogP contribution in [0.15, 0.2) is 24.3 Å². The third-order valence-electron chi connectivity index (χ3n) is 5.66. The van der Waals surface area contributed by atoms with E-state index < -0.39 is 12.0 Å². The van der Waals surface area contributed by atoms with Crippen molar-refractivity contribution in [3.8, 4) is 0 Å². The number of halogens is 3. The Morgan fingerprint density at radius 1 is 1.12 bits per heavy atom. The van der Waals surface area contributed by atoms with E-state index in [4.69, 9.17) is 0 Å². The molecule has 4 rings (SSSR count). The van der Waals surface area contributed by atoms with E-state index in [9.17, 15) is 13.2 Å². The predicted molar refractivity (Wildman–Crippen MR) is 86.6 cm³/mol. The first-order valence-electron chi connectivity index (χ1n) is 8.52. The lowest BCUT2D eigenvalue weighted by Gasteiger charge is -2.29. The first-order valence-corrected chi connectivity index (χ1v) is 8.52. The van der Waals surface area contributed by atoms with Crippen molar-refractivity contribution in [3.63, 3.8) is 0 Å². The van der Waals surface area contributed by atoms with Crippen molar-refractivity contribution in [2.75, 3.05) is 5.32 Å². The lowest BCUT2D eigenvalue weighted by atomic mass is 9.84. The van der Waals surface area contributed by atoms with Gasteiger partial charge in [-0.25, -0.2) is 9.97 Å². The van der Waals surface area contributed by atoms with Crippen molar-refractivity contribution >= 4 is 16.7 Å². The van der Waals surface area contributed by atoms with E-state index in [0.717, 1.165) is 5.92 Å². The molecule has 0 spiro atoms. The first-order chi connectivity index (χ1) is 11.4. The van der Waals surface area contributed by atoms with Crippen LogP contribution in [0.3, 0.4) is 0 Å². The molecule has 2 fully saturated rings. The molecule has 6 heteroatoms. The zero-order valence-electron chi connectivity index (χ0n) is 13.5. The maximum absolute atomic E-state index is 13.1. The van der Waals surface area contributed by atoms with Crippen LogP contribution in [0.2, 0.25) is 0 Å². The predicted octanol–water partition coefficient (Wildman–Crippen LogP) is 4.89. The molecule has 1 N–H and O–H groups in total. The Kier molecular flexibility index (Phi) is 3.66. The fraction of sp³-hybridized carbons (Fsp3) is 0.556. The molecule has 24 heavy (non-hydrogen) atoms. The standard InChI is InChI=1S/C18H20F3N3/c1-10(14-9-11-6-7-12(14)8-11)22-16-13-4-2-3-5-15(13)23-17(24-16)18(19,20)21/h2-5,10-12,14H,6-9H2,1H3,(H,22,23,24). The third kappa shape index (κ3) is 2.72. The number of alkyl halides is 3. The molecule has 128 valence electrons. The lowest BCUT2D eigenvalue weighted by molar-refractivity contribution is -0.144. The highest BCUT2D eigenvalue weighted by Gasteiger charge is 2.42. The average molecular weight is 335 g/mol. The van der Waals surface area contributed by atoms with Gasteiger partial charge >= 0.3 is 6.18 Å². The van der Waals surface area contributed by atoms with Crippen LogP contribution in [0.5, 0.6) is 0 Å². The summed E-state index contributed by atoms with van der Waals surface area (Å²) in [6.07, 6.45) is 0.460. The van der Waals surface area contributed by atoms with Gasteiger partial charge in [0.2, 0.25) is 5.82 Å². The molecule has 4 unspecified atom stereocenters. The Morgan fingerprint density at radius 2 is 1.92 bits per heavy atom. The van der Waals surface area contributed by atoms with Crippen LogP contribution in [0.4, 0.5) is 19.0 Å². The number of benzene rings is 1. The molecule has 2 aliphatic carbocycles. The van der Waals surface area contributed by atoms with Gasteiger partial charge in [-0.1, -0.05) is 18.6 Å². The van der Waals surface area contributed by atoms with E-state index in [1.807, 2.05) is 0 Å². The SMILES string of the molecule is CC(Nc1nc(C(F)(F)F)nc2ccccc12)C1CC2CCC1C2. The van der Waals surface area contributed by atoms with E-state index in [-0.39, 0.29) is 6.04 Å². The molecular weight excluding hydrogens is 315 g/mol. The zero-order valence-corrected chi connectivity index (χ0v) is 13.5. The van der Waals surface area contributed by atoms with E-state index in [0.29, 0.717) is 28.6 Å². The number of rotatable bonds is 3. The van der Waals surface area contributed by atoms with E-state index in [2.05, 4.69) is 22.2 Å². The number of aromatic nitrogens is 2. The fourth-order valence-corrected chi connectivity index (χ4v) is 4.54. The maximum atomic E-state index is 13.1. The summed E-state index contributed by atoms with van der Waals surface area (Å²) in [6.45, 7) is 2.06. The summed E-state index contributed by atoms with van der Waals surface area (Å²) in [4.78, 5) is 7.47. The summed E-state index contributed by atoms with van der Waals surface area (Å²) >= 11 is 0. The van der Waals surface area contributed by atoms with Gasteiger partial charge in [0.25, 0.3) is 0 Å². The van der Waals surface area contributed by atoms with Gasteiger partial charge in [-0.3, -0.25) is 0 Å². The van der Waals surface area contributed by atoms with Crippen molar-refractivity contribution in [2.24, 2.45) is 17.8 Å². The Hall–Kier alpha value is -1.85. The number of anilines is 1. The second kappa shape index (κ2) is 5.60. The van der Waals surface area contributed by atoms with Gasteiger partial charge in [0, 0.05) is 11.4 Å². The summed E-state index contributed by atoms with van der Waals surface area (Å²) in [7, 11) is 0. The number of hydrogen-bond donors (Lipinski definition) is 1. The van der Waals surface area contributed by atoms with Crippen molar-refractivity contribution in [1.82, 2.24) is 9.97 Å². The quantitative estimate of drug-likeness (QED) is 0.868. The largest absolute Gasteiger partial charge is 0.451 e. The van der Waals surface area contributed by atoms with Crippen molar-refractivity contribution in [2.45, 2.75) is 44.8 Å². The molecule has 2 saturated carbocycles. The topological polar surface area (TPSA) is 37.8 Å². The average Bonchev–Trinajstić information content (AvgIpc) is 3.17. The summed E-state index contributed by atoms with van der Waals surface area (Å²) in [5, 5.41) is 3.91. The minimum Gasteiger partial charge on any atom is -0.367 e. The van der Waals surface area contributed by atoms with Crippen LogP contribution in [0.1, 0.15) is 38.4 Å². The first kappa shape index (κ1) is 15.7. The van der Waals surface area contributed by atoms with Crippen LogP contribution in [0, 0.1) is 17.8 Å². The maximum Gasteiger partial charge on any atom is 0.451 e. The molecule has 2 aromatic rings. The van der Waals surface area contributed by atoms with Gasteiger partial charge < -0.3 is 5.32 Å². The molecule has 3 nitrogen and oxygen atoms in total. The van der Waals surface area contributed by atoms with Gasteiger partial charge in [-0.2, -0.15) is 13.2 Å². The fourth-order valence-electron chi connectivity index (χ4n) is 4.54. The molecule has 2 aliphatic rings. The molecule has 0 radical (unpaired) electrons. The number of para-hydroxylation sites is 1. The van der Waals surface area contributed by atoms with E-state index >= 15 is 0 Å². The van der Waals surface area contributed by atoms with Crippen LogP contribution < -0.4 is 5.32 Å². The van der Waals surface area contributed by atoms with Gasteiger partial charge in [0.05, 0.1) is 5.52 Å². The molecule has 0 saturated heterocycles. The Balaban J connectivity index is 1.67. The van der Waals surface area contributed by atoms with Gasteiger partial charge in [0.15, 0.2) is 0 Å². The van der Waals surface area contributed by atoms with Crippen LogP contribution in [0.25, 0.3) is 10.9 Å². The van der Waals surface area contributed by atoms with Crippen molar-refractivity contribution < 1.29 is 13.2 Å². The minimum absolute atomic E-state index is 0.111. The Morgan fingerprint density at radius 3 is 2.58 bits per heavy atom. The smallest absolute Gasteiger partial charge is 0.367 e. The summed E-state index contributed by atoms with van der Waals surface area (Å²) in [5.41, 5.74) is 0.322. The normalized spacial score (nSPS) is 27.6. The highest BCUT2D eigenvalue weighted by molar-refractivity contribution is 5.89. The summed E-state index contributed by atoms with van der Waals surface area (Å²) < 4.78 is 39.3. The third-order valence-corrected chi connectivity index (χ3v) is 5.66. The number of nitrogens with zero attached hydrogens (tertiary/aromatic N) is 2. The molecule has 1 heterocycles. The van der Waals surface area contributed by atoms with E-state index in [1.54, 1.807) is 24.3 Å². The monoisotopic (exact) mass is 335 g/mol. The van der Waals surface area contributed by atoms with E-state index in [1.165, 1.54) is 25.7 Å². The highest BCUT2D eigenvalue weighted by atomic mass is 19.4. The Labute approximate surface area is 138 Å². The Bertz CT molecular complexity index is 759. The second-order valence-electron chi connectivity index (χ2n) is 7.18. The minimum atomic E-state index is -4.55. The zero-order chi connectivity index (χ0) is 16.9. The lowest BCUT2D eigenvalue weighted by Crippen LogP contribution is -2.30. The highest BCUT2D eigenvalue weighted by Crippen LogP contribution is 2.50. The van der Waals surface area contributed by atoms with Crippen molar-refractivity contribution in [1.29, 1.82) is 0 Å². The number of hydrogen-bond acceptors (Lipinski definition) is 3. The van der Waals surface area contributed by atoms with Gasteiger partial charge in [0.1, 0.15) is 5.82 Å². The van der Waals surface area contributed by atoms with Crippen LogP contribution in [-0.2, 0) is 6.18 Å². The van der Waals surface area contributed by atoms with Crippen LogP contribution in [-0.4, -0.2) is 16.0 Å². The molecule has 0 amide bonds. The molecule has 1 aromatic heterocycles. The molecule has 4 atom stereocenters. The molecule has 1 aromatic carbocycles. The van der Waals surface area contributed by atoms with Gasteiger partial charge in [-0.15, -0.1) is 0 Å². The summed E-state index contributed by atoms with van der Waals surface area (Å²) in [6, 6.07) is 6.97. The summed E-state index contributed by atoms with van der Waals surface area (Å²) in [5.74, 6) is 1.24. The number of fused-ring (bicyclic) bond motifs is 3. The molecule has 2 bridgehead atoms. The second-order valence-corrected chi connectivity index (χ2v) is 7.18. The molecular formula is C18H20F3N3. The van der Waals surface area contributed by atoms with Gasteiger partial charge in [-0.05, 0) is 56.1 Å². The number of nitrogens with one attached hydrogen (secondary N) is 1. The van der Waals surface area contributed by atoms with Crippen molar-refractivity contribution in [3.05, 3.63) is 30.1 Å². The van der Waals surface area contributed by atoms with Crippen LogP contribution >= 0.6 is 0 Å².